The van der Waals surface area contributed by atoms with E-state index in [0.717, 1.165) is 12.1 Å². The van der Waals surface area contributed by atoms with E-state index in [1.807, 2.05) is 0 Å². The summed E-state index contributed by atoms with van der Waals surface area (Å²) in [5, 5.41) is -1.48. The van der Waals surface area contributed by atoms with Crippen LogP contribution in [0.15, 0.2) is 54.6 Å². The van der Waals surface area contributed by atoms with E-state index in [1.165, 1.54) is 31.0 Å². The zero-order chi connectivity index (χ0) is 19.5. The van der Waals surface area contributed by atoms with Crippen LogP contribution in [0, 0.1) is 0 Å². The van der Waals surface area contributed by atoms with Crippen molar-refractivity contribution in [3.63, 3.8) is 0 Å². The van der Waals surface area contributed by atoms with Crippen LogP contribution in [0.1, 0.15) is 18.1 Å². The van der Waals surface area contributed by atoms with Gasteiger partial charge in [-0.05, 0) is 30.7 Å². The molecule has 2 aromatic rings. The molecule has 0 saturated carbocycles. The van der Waals surface area contributed by atoms with Crippen LogP contribution in [0.3, 0.4) is 0 Å². The van der Waals surface area contributed by atoms with Crippen molar-refractivity contribution in [2.75, 3.05) is 11.9 Å². The third-order valence-electron chi connectivity index (χ3n) is 4.04. The fraction of sp³-hybridized carbons (Fsp3) is 0.278. The maximum absolute atomic E-state index is 13.1. The van der Waals surface area contributed by atoms with Crippen LogP contribution in [0.5, 0.6) is 0 Å². The van der Waals surface area contributed by atoms with Gasteiger partial charge in [-0.25, -0.2) is 8.42 Å². The Morgan fingerprint density at radius 1 is 1.04 bits per heavy atom. The minimum absolute atomic E-state index is 0.373. The number of nitrogens with zero attached hydrogens (tertiary/aromatic N) is 1. The predicted octanol–water partition coefficient (Wildman–Crippen LogP) is 3.67. The summed E-state index contributed by atoms with van der Waals surface area (Å²) in [5.74, 6) is -1.57. The molecule has 0 radical (unpaired) electrons. The summed E-state index contributed by atoms with van der Waals surface area (Å²) in [6, 6.07) is 12.9. The Balaban J connectivity index is 2.27. The second-order valence-corrected chi connectivity index (χ2v) is 8.16. The third kappa shape index (κ3) is 4.43. The maximum atomic E-state index is 13.1. The smallest absolute Gasteiger partial charge is 0.314 e. The van der Waals surface area contributed by atoms with Crippen molar-refractivity contribution in [3.05, 3.63) is 65.7 Å². The Bertz CT molecular complexity index is 880. The molecule has 2 rings (SSSR count). The number of hydrogen-bond acceptors (Lipinski definition) is 3. The fourth-order valence-corrected chi connectivity index (χ4v) is 3.87. The highest BCUT2D eigenvalue weighted by Gasteiger charge is 2.36. The largest absolute Gasteiger partial charge is 0.416 e. The number of rotatable bonds is 5. The number of halogens is 3. The number of anilines is 1. The lowest BCUT2D eigenvalue weighted by Gasteiger charge is -2.22. The molecule has 0 N–H and O–H groups in total. The monoisotopic (exact) mass is 385 g/mol. The van der Waals surface area contributed by atoms with Crippen molar-refractivity contribution in [3.8, 4) is 0 Å². The topological polar surface area (TPSA) is 54.5 Å². The first-order valence-electron chi connectivity index (χ1n) is 7.73. The average Bonchev–Trinajstić information content (AvgIpc) is 2.59. The van der Waals surface area contributed by atoms with E-state index >= 15 is 0 Å². The molecular formula is C18H18F3NO3S. The van der Waals surface area contributed by atoms with Crippen LogP contribution in [0.4, 0.5) is 18.9 Å². The van der Waals surface area contributed by atoms with Crippen molar-refractivity contribution in [1.29, 1.82) is 0 Å². The quantitative estimate of drug-likeness (QED) is 0.789. The van der Waals surface area contributed by atoms with Crippen LogP contribution in [0.2, 0.25) is 0 Å². The Kier molecular flexibility index (Phi) is 5.75. The Morgan fingerprint density at radius 2 is 1.58 bits per heavy atom. The fourth-order valence-electron chi connectivity index (χ4n) is 2.47. The second-order valence-electron chi connectivity index (χ2n) is 5.84. The van der Waals surface area contributed by atoms with Gasteiger partial charge in [0.05, 0.1) is 11.3 Å². The molecule has 0 heterocycles. The number of alkyl halides is 3. The molecule has 4 nitrogen and oxygen atoms in total. The second kappa shape index (κ2) is 7.49. The van der Waals surface area contributed by atoms with E-state index in [9.17, 15) is 26.4 Å². The number of carbonyl (C=O) groups is 1. The Hall–Kier alpha value is -2.35. The number of amides is 1. The molecule has 0 aromatic heterocycles. The SMILES string of the molecule is CC(C(=O)N(C)c1ccccc1)S(=O)(=O)Cc1ccccc1C(F)(F)F. The van der Waals surface area contributed by atoms with Gasteiger partial charge in [-0.1, -0.05) is 36.4 Å². The van der Waals surface area contributed by atoms with Gasteiger partial charge in [0.25, 0.3) is 0 Å². The van der Waals surface area contributed by atoms with Gasteiger partial charge in [-0.15, -0.1) is 0 Å². The molecule has 0 aliphatic heterocycles. The molecule has 0 saturated heterocycles. The first kappa shape index (κ1) is 20.0. The normalized spacial score (nSPS) is 13.3. The summed E-state index contributed by atoms with van der Waals surface area (Å²) in [4.78, 5) is 13.7. The summed E-state index contributed by atoms with van der Waals surface area (Å²) in [6.45, 7) is 1.19. The van der Waals surface area contributed by atoms with Crippen LogP contribution < -0.4 is 4.90 Å². The van der Waals surface area contributed by atoms with Gasteiger partial charge in [0, 0.05) is 12.7 Å². The maximum Gasteiger partial charge on any atom is 0.416 e. The lowest BCUT2D eigenvalue weighted by atomic mass is 10.1. The van der Waals surface area contributed by atoms with Crippen LogP contribution in [-0.4, -0.2) is 26.6 Å². The van der Waals surface area contributed by atoms with E-state index in [4.69, 9.17) is 0 Å². The molecule has 26 heavy (non-hydrogen) atoms. The molecule has 0 bridgehead atoms. The van der Waals surface area contributed by atoms with Gasteiger partial charge in [0.1, 0.15) is 5.25 Å². The van der Waals surface area contributed by atoms with E-state index in [1.54, 1.807) is 30.3 Å². The standard InChI is InChI=1S/C18H18F3NO3S/c1-13(17(23)22(2)15-9-4-3-5-10-15)26(24,25)12-14-8-6-7-11-16(14)18(19,20)21/h3-11,13H,12H2,1-2H3. The third-order valence-corrected chi connectivity index (χ3v) is 6.03. The average molecular weight is 385 g/mol. The molecule has 0 spiro atoms. The Morgan fingerprint density at radius 3 is 2.15 bits per heavy atom. The van der Waals surface area contributed by atoms with Gasteiger partial charge in [-0.2, -0.15) is 13.2 Å². The van der Waals surface area contributed by atoms with Gasteiger partial charge in [-0.3, -0.25) is 4.79 Å². The molecule has 140 valence electrons. The van der Waals surface area contributed by atoms with Crippen LogP contribution >= 0.6 is 0 Å². The summed E-state index contributed by atoms with van der Waals surface area (Å²) in [5.41, 5.74) is -0.892. The van der Waals surface area contributed by atoms with Gasteiger partial charge in [0.2, 0.25) is 5.91 Å². The first-order valence-corrected chi connectivity index (χ1v) is 9.45. The number of para-hydroxylation sites is 1. The van der Waals surface area contributed by atoms with E-state index in [2.05, 4.69) is 0 Å². The van der Waals surface area contributed by atoms with Gasteiger partial charge in [0.15, 0.2) is 9.84 Å². The molecule has 1 atom stereocenters. The lowest BCUT2D eigenvalue weighted by molar-refractivity contribution is -0.138. The van der Waals surface area contributed by atoms with Crippen LogP contribution in [0.25, 0.3) is 0 Å². The Labute approximate surface area is 150 Å². The molecule has 2 aromatic carbocycles. The predicted molar refractivity (Wildman–Crippen MR) is 93.4 cm³/mol. The van der Waals surface area contributed by atoms with Crippen molar-refractivity contribution < 1.29 is 26.4 Å². The summed E-state index contributed by atoms with van der Waals surface area (Å²) in [6.07, 6.45) is -4.67. The van der Waals surface area contributed by atoms with Crippen LogP contribution in [-0.2, 0) is 26.6 Å². The number of benzene rings is 2. The minimum Gasteiger partial charge on any atom is -0.314 e. The molecule has 0 fully saturated rings. The molecular weight excluding hydrogens is 367 g/mol. The molecule has 0 aliphatic carbocycles. The summed E-state index contributed by atoms with van der Waals surface area (Å²) < 4.78 is 64.3. The van der Waals surface area contributed by atoms with Crippen molar-refractivity contribution in [2.24, 2.45) is 0 Å². The zero-order valence-electron chi connectivity index (χ0n) is 14.2. The number of hydrogen-bond donors (Lipinski definition) is 0. The summed E-state index contributed by atoms with van der Waals surface area (Å²) >= 11 is 0. The molecule has 1 unspecified atom stereocenters. The van der Waals surface area contributed by atoms with Gasteiger partial charge >= 0.3 is 6.18 Å². The summed E-state index contributed by atoms with van der Waals surface area (Å²) in [7, 11) is -2.72. The molecule has 8 heteroatoms. The van der Waals surface area contributed by atoms with Crippen molar-refractivity contribution in [1.82, 2.24) is 0 Å². The minimum atomic E-state index is -4.67. The lowest BCUT2D eigenvalue weighted by Crippen LogP contribution is -2.40. The number of carbonyl (C=O) groups excluding carboxylic acids is 1. The number of sulfone groups is 1. The highest BCUT2D eigenvalue weighted by molar-refractivity contribution is 7.92. The van der Waals surface area contributed by atoms with E-state index in [-0.39, 0.29) is 5.56 Å². The van der Waals surface area contributed by atoms with Crippen molar-refractivity contribution in [2.45, 2.75) is 24.1 Å². The van der Waals surface area contributed by atoms with Crippen molar-refractivity contribution >= 4 is 21.4 Å². The van der Waals surface area contributed by atoms with E-state index in [0.29, 0.717) is 5.69 Å². The molecule has 0 aliphatic rings. The highest BCUT2D eigenvalue weighted by atomic mass is 32.2. The zero-order valence-corrected chi connectivity index (χ0v) is 15.0. The highest BCUT2D eigenvalue weighted by Crippen LogP contribution is 2.33. The van der Waals surface area contributed by atoms with Gasteiger partial charge < -0.3 is 4.90 Å². The first-order chi connectivity index (χ1) is 12.0. The van der Waals surface area contributed by atoms with E-state index < -0.39 is 38.5 Å². The molecule has 1 amide bonds.